The van der Waals surface area contributed by atoms with E-state index in [1.165, 1.54) is 16.5 Å². The van der Waals surface area contributed by atoms with Crippen molar-refractivity contribution < 1.29 is 9.53 Å². The Hall–Kier alpha value is -2.79. The fourth-order valence-corrected chi connectivity index (χ4v) is 4.15. The minimum atomic E-state index is 0.0980. The number of carbonyl (C=O) groups excluding carboxylic acids is 1. The number of aryl methyl sites for hydroxylation is 1. The smallest absolute Gasteiger partial charge is 0.234 e. The summed E-state index contributed by atoms with van der Waals surface area (Å²) in [7, 11) is 1.70. The summed E-state index contributed by atoms with van der Waals surface area (Å²) in [6.45, 7) is 5.02. The first-order valence-electron chi connectivity index (χ1n) is 10.3. The number of piperidine rings is 1. The Morgan fingerprint density at radius 3 is 2.66 bits per heavy atom. The first-order chi connectivity index (χ1) is 14.1. The maximum absolute atomic E-state index is 12.3. The quantitative estimate of drug-likeness (QED) is 0.668. The molecule has 0 spiro atoms. The Morgan fingerprint density at radius 2 is 1.93 bits per heavy atom. The number of methoxy groups -OCH3 is 1. The fraction of sp³-hybridized carbons (Fsp3) is 0.375. The van der Waals surface area contributed by atoms with E-state index >= 15 is 0 Å². The number of aromatic amines is 1. The lowest BCUT2D eigenvalue weighted by molar-refractivity contribution is -0.122. The number of amides is 1. The van der Waals surface area contributed by atoms with Gasteiger partial charge in [0, 0.05) is 23.6 Å². The molecule has 2 aromatic carbocycles. The summed E-state index contributed by atoms with van der Waals surface area (Å²) in [5.41, 5.74) is 4.88. The Kier molecular flexibility index (Phi) is 5.86. The molecule has 1 aliphatic rings. The molecule has 0 radical (unpaired) electrons. The number of nitrogens with zero attached hydrogens (tertiary/aromatic N) is 1. The standard InChI is InChI=1S/C24H29N3O2/c1-17-3-5-18(6-4-17)14-26-24(28)16-27-11-9-19(10-12-27)22-15-25-23-8-7-20(29-2)13-21(22)23/h3-8,13,15,19,25H,9-12,14,16H2,1-2H3,(H,26,28). The van der Waals surface area contributed by atoms with Gasteiger partial charge in [-0.15, -0.1) is 0 Å². The highest BCUT2D eigenvalue weighted by Gasteiger charge is 2.24. The average Bonchev–Trinajstić information content (AvgIpc) is 3.17. The molecule has 5 heteroatoms. The van der Waals surface area contributed by atoms with Gasteiger partial charge in [-0.1, -0.05) is 29.8 Å². The number of nitrogens with one attached hydrogen (secondary N) is 2. The van der Waals surface area contributed by atoms with Crippen molar-refractivity contribution in [1.29, 1.82) is 0 Å². The first-order valence-corrected chi connectivity index (χ1v) is 10.3. The minimum absolute atomic E-state index is 0.0980. The third kappa shape index (κ3) is 4.62. The van der Waals surface area contributed by atoms with Crippen molar-refractivity contribution in [2.75, 3.05) is 26.7 Å². The van der Waals surface area contributed by atoms with E-state index in [0.717, 1.165) is 42.8 Å². The number of carbonyl (C=O) groups is 1. The van der Waals surface area contributed by atoms with Crippen LogP contribution in [0.2, 0.25) is 0 Å². The maximum atomic E-state index is 12.3. The van der Waals surface area contributed by atoms with Crippen molar-refractivity contribution in [2.45, 2.75) is 32.2 Å². The number of hydrogen-bond acceptors (Lipinski definition) is 3. The molecular formula is C24H29N3O2. The minimum Gasteiger partial charge on any atom is -0.497 e. The summed E-state index contributed by atoms with van der Waals surface area (Å²) >= 11 is 0. The third-order valence-corrected chi connectivity index (χ3v) is 5.93. The summed E-state index contributed by atoms with van der Waals surface area (Å²) in [6, 6.07) is 14.5. The maximum Gasteiger partial charge on any atom is 0.234 e. The number of fused-ring (bicyclic) bond motifs is 1. The van der Waals surface area contributed by atoms with Crippen molar-refractivity contribution in [3.8, 4) is 5.75 Å². The molecule has 1 aliphatic heterocycles. The van der Waals surface area contributed by atoms with Crippen LogP contribution in [0.1, 0.15) is 35.4 Å². The Labute approximate surface area is 172 Å². The summed E-state index contributed by atoms with van der Waals surface area (Å²) in [6.07, 6.45) is 4.27. The molecule has 5 nitrogen and oxygen atoms in total. The number of H-pyrrole nitrogens is 1. The van der Waals surface area contributed by atoms with Gasteiger partial charge in [0.2, 0.25) is 5.91 Å². The topological polar surface area (TPSA) is 57.4 Å². The lowest BCUT2D eigenvalue weighted by Crippen LogP contribution is -2.41. The van der Waals surface area contributed by atoms with E-state index in [2.05, 4.69) is 64.7 Å². The SMILES string of the molecule is COc1ccc2[nH]cc(C3CCN(CC(=O)NCc4ccc(C)cc4)CC3)c2c1. The molecule has 0 saturated carbocycles. The van der Waals surface area contributed by atoms with Crippen molar-refractivity contribution in [3.05, 3.63) is 65.4 Å². The van der Waals surface area contributed by atoms with Gasteiger partial charge in [0.1, 0.15) is 5.75 Å². The van der Waals surface area contributed by atoms with Crippen molar-refractivity contribution in [2.24, 2.45) is 0 Å². The van der Waals surface area contributed by atoms with E-state index in [1.807, 2.05) is 6.07 Å². The van der Waals surface area contributed by atoms with E-state index < -0.39 is 0 Å². The zero-order valence-corrected chi connectivity index (χ0v) is 17.2. The number of rotatable bonds is 6. The van der Waals surface area contributed by atoms with Gasteiger partial charge >= 0.3 is 0 Å². The van der Waals surface area contributed by atoms with Crippen LogP contribution in [0, 0.1) is 6.92 Å². The van der Waals surface area contributed by atoms with Crippen LogP contribution in [0.15, 0.2) is 48.7 Å². The number of ether oxygens (including phenoxy) is 1. The van der Waals surface area contributed by atoms with Crippen LogP contribution in [0.3, 0.4) is 0 Å². The van der Waals surface area contributed by atoms with Crippen LogP contribution in [0.5, 0.6) is 5.75 Å². The zero-order chi connectivity index (χ0) is 20.2. The van der Waals surface area contributed by atoms with Crippen LogP contribution < -0.4 is 10.1 Å². The largest absolute Gasteiger partial charge is 0.497 e. The highest BCUT2D eigenvalue weighted by atomic mass is 16.5. The molecule has 2 N–H and O–H groups in total. The number of benzene rings is 2. The van der Waals surface area contributed by atoms with E-state index in [4.69, 9.17) is 4.74 Å². The third-order valence-electron chi connectivity index (χ3n) is 5.93. The summed E-state index contributed by atoms with van der Waals surface area (Å²) in [4.78, 5) is 18.0. The number of hydrogen-bond donors (Lipinski definition) is 2. The molecule has 152 valence electrons. The lowest BCUT2D eigenvalue weighted by atomic mass is 9.89. The second-order valence-electron chi connectivity index (χ2n) is 7.97. The van der Waals surface area contributed by atoms with Crippen LogP contribution in [0.25, 0.3) is 10.9 Å². The van der Waals surface area contributed by atoms with E-state index in [-0.39, 0.29) is 5.91 Å². The molecule has 0 unspecified atom stereocenters. The monoisotopic (exact) mass is 391 g/mol. The van der Waals surface area contributed by atoms with Crippen molar-refractivity contribution >= 4 is 16.8 Å². The van der Waals surface area contributed by atoms with Gasteiger partial charge in [-0.25, -0.2) is 0 Å². The van der Waals surface area contributed by atoms with Crippen molar-refractivity contribution in [3.63, 3.8) is 0 Å². The van der Waals surface area contributed by atoms with Crippen molar-refractivity contribution in [1.82, 2.24) is 15.2 Å². The summed E-state index contributed by atoms with van der Waals surface area (Å²) in [5, 5.41) is 4.29. The van der Waals surface area contributed by atoms with E-state index in [1.54, 1.807) is 7.11 Å². The molecule has 0 aliphatic carbocycles. The molecule has 0 bridgehead atoms. The van der Waals surface area contributed by atoms with Gasteiger partial charge in [-0.05, 0) is 68.1 Å². The van der Waals surface area contributed by atoms with Gasteiger partial charge in [0.25, 0.3) is 0 Å². The Morgan fingerprint density at radius 1 is 1.17 bits per heavy atom. The van der Waals surface area contributed by atoms with Crippen LogP contribution in [0.4, 0.5) is 0 Å². The highest BCUT2D eigenvalue weighted by Crippen LogP contribution is 2.34. The Bertz CT molecular complexity index is 969. The predicted octanol–water partition coefficient (Wildman–Crippen LogP) is 3.98. The van der Waals surface area contributed by atoms with E-state index in [9.17, 15) is 4.79 Å². The van der Waals surface area contributed by atoms with Gasteiger partial charge in [-0.2, -0.15) is 0 Å². The van der Waals surface area contributed by atoms with Crippen LogP contribution >= 0.6 is 0 Å². The molecule has 4 rings (SSSR count). The van der Waals surface area contributed by atoms with Gasteiger partial charge in [0.15, 0.2) is 0 Å². The zero-order valence-electron chi connectivity index (χ0n) is 17.2. The second-order valence-corrected chi connectivity index (χ2v) is 7.97. The number of likely N-dealkylation sites (tertiary alicyclic amines) is 1. The normalized spacial score (nSPS) is 15.5. The molecule has 2 heterocycles. The molecule has 1 saturated heterocycles. The van der Waals surface area contributed by atoms with Gasteiger partial charge in [0.05, 0.1) is 13.7 Å². The van der Waals surface area contributed by atoms with Crippen LogP contribution in [-0.4, -0.2) is 42.5 Å². The molecule has 1 aromatic heterocycles. The average molecular weight is 392 g/mol. The lowest BCUT2D eigenvalue weighted by Gasteiger charge is -2.31. The molecule has 29 heavy (non-hydrogen) atoms. The summed E-state index contributed by atoms with van der Waals surface area (Å²) < 4.78 is 5.39. The molecule has 3 aromatic rings. The Balaban J connectivity index is 1.29. The van der Waals surface area contributed by atoms with Gasteiger partial charge in [-0.3, -0.25) is 9.69 Å². The molecule has 1 amide bonds. The summed E-state index contributed by atoms with van der Waals surface area (Å²) in [5.74, 6) is 1.50. The second kappa shape index (κ2) is 8.70. The molecular weight excluding hydrogens is 362 g/mol. The predicted molar refractivity (Wildman–Crippen MR) is 116 cm³/mol. The fourth-order valence-electron chi connectivity index (χ4n) is 4.15. The van der Waals surface area contributed by atoms with Gasteiger partial charge < -0.3 is 15.0 Å². The molecule has 0 atom stereocenters. The van der Waals surface area contributed by atoms with E-state index in [0.29, 0.717) is 19.0 Å². The molecule has 1 fully saturated rings. The van der Waals surface area contributed by atoms with Crippen LogP contribution in [-0.2, 0) is 11.3 Å². The first kappa shape index (κ1) is 19.5. The number of aromatic nitrogens is 1. The highest BCUT2D eigenvalue weighted by molar-refractivity contribution is 5.85.